The normalized spacial score (nSPS) is 20.6. The first-order chi connectivity index (χ1) is 15.1. The molecule has 2 fully saturated rings. The second kappa shape index (κ2) is 10.6. The van der Waals surface area contributed by atoms with Gasteiger partial charge in [0.05, 0.1) is 22.3 Å². The number of piperazine rings is 1. The van der Waals surface area contributed by atoms with Gasteiger partial charge in [-0.25, -0.2) is 4.98 Å². The molecule has 2 aromatic rings. The summed E-state index contributed by atoms with van der Waals surface area (Å²) < 4.78 is 0. The van der Waals surface area contributed by atoms with Crippen LogP contribution in [0.1, 0.15) is 12.8 Å². The highest BCUT2D eigenvalue weighted by Crippen LogP contribution is 2.29. The minimum Gasteiger partial charge on any atom is -0.354 e. The monoisotopic (exact) mass is 461 g/mol. The van der Waals surface area contributed by atoms with Crippen molar-refractivity contribution in [3.05, 3.63) is 52.6 Å². The lowest BCUT2D eigenvalue weighted by molar-refractivity contribution is -0.117. The Bertz CT molecular complexity index is 853. The highest BCUT2D eigenvalue weighted by Gasteiger charge is 2.26. The molecule has 3 heterocycles. The predicted molar refractivity (Wildman–Crippen MR) is 127 cm³/mol. The number of aromatic nitrogens is 1. The van der Waals surface area contributed by atoms with E-state index in [2.05, 4.69) is 31.1 Å². The van der Waals surface area contributed by atoms with E-state index in [1.54, 1.807) is 18.2 Å². The number of rotatable bonds is 6. The number of carbonyl (C=O) groups excluding carboxylic acids is 1. The minimum atomic E-state index is -0.0698. The van der Waals surface area contributed by atoms with E-state index in [0.717, 1.165) is 58.1 Å². The lowest BCUT2D eigenvalue weighted by Gasteiger charge is -2.39. The number of nitrogens with one attached hydrogen (secondary N) is 1. The average Bonchev–Trinajstić information content (AvgIpc) is 2.78. The summed E-state index contributed by atoms with van der Waals surface area (Å²) in [7, 11) is 0. The van der Waals surface area contributed by atoms with E-state index in [4.69, 9.17) is 23.2 Å². The van der Waals surface area contributed by atoms with Crippen molar-refractivity contribution in [2.24, 2.45) is 5.92 Å². The molecule has 2 aliphatic heterocycles. The van der Waals surface area contributed by atoms with Crippen LogP contribution in [-0.4, -0.2) is 73.0 Å². The van der Waals surface area contributed by atoms with Gasteiger partial charge in [0.15, 0.2) is 0 Å². The number of benzene rings is 1. The third-order valence-electron chi connectivity index (χ3n) is 6.06. The number of para-hydroxylation sites is 1. The Kier molecular flexibility index (Phi) is 7.67. The molecule has 0 bridgehead atoms. The molecule has 8 heteroatoms. The second-order valence-electron chi connectivity index (χ2n) is 8.36. The molecule has 2 aliphatic rings. The van der Waals surface area contributed by atoms with Crippen molar-refractivity contribution in [3.63, 3.8) is 0 Å². The summed E-state index contributed by atoms with van der Waals surface area (Å²) in [5.41, 5.74) is 0.496. The van der Waals surface area contributed by atoms with Crippen molar-refractivity contribution in [2.45, 2.75) is 12.8 Å². The molecule has 1 N–H and O–H groups in total. The van der Waals surface area contributed by atoms with Gasteiger partial charge in [-0.1, -0.05) is 35.3 Å². The number of hydrogen-bond donors (Lipinski definition) is 1. The molecule has 31 heavy (non-hydrogen) atoms. The zero-order valence-corrected chi connectivity index (χ0v) is 19.2. The van der Waals surface area contributed by atoms with Gasteiger partial charge in [0.1, 0.15) is 5.82 Å². The fourth-order valence-electron chi connectivity index (χ4n) is 4.51. The zero-order valence-electron chi connectivity index (χ0n) is 17.6. The van der Waals surface area contributed by atoms with Crippen LogP contribution in [0.2, 0.25) is 10.0 Å². The van der Waals surface area contributed by atoms with E-state index in [0.29, 0.717) is 28.2 Å². The largest absolute Gasteiger partial charge is 0.354 e. The third kappa shape index (κ3) is 6.10. The summed E-state index contributed by atoms with van der Waals surface area (Å²) in [4.78, 5) is 24.2. The van der Waals surface area contributed by atoms with E-state index in [1.807, 2.05) is 18.3 Å². The van der Waals surface area contributed by atoms with Gasteiger partial charge < -0.3 is 10.2 Å². The molecule has 2 saturated heterocycles. The Morgan fingerprint density at radius 2 is 1.77 bits per heavy atom. The number of pyridine rings is 1. The number of halogens is 2. The average molecular weight is 462 g/mol. The van der Waals surface area contributed by atoms with Crippen molar-refractivity contribution < 1.29 is 4.79 Å². The van der Waals surface area contributed by atoms with Gasteiger partial charge in [0, 0.05) is 45.5 Å². The van der Waals surface area contributed by atoms with Gasteiger partial charge >= 0.3 is 0 Å². The fourth-order valence-corrected chi connectivity index (χ4v) is 5.00. The van der Waals surface area contributed by atoms with Crippen LogP contribution in [0.15, 0.2) is 42.6 Å². The van der Waals surface area contributed by atoms with Crippen LogP contribution in [0.25, 0.3) is 0 Å². The maximum atomic E-state index is 12.6. The summed E-state index contributed by atoms with van der Waals surface area (Å²) in [6.07, 6.45) is 4.20. The molecule has 1 atom stereocenters. The zero-order chi connectivity index (χ0) is 21.6. The Labute approximate surface area is 194 Å². The van der Waals surface area contributed by atoms with Crippen molar-refractivity contribution in [1.29, 1.82) is 0 Å². The van der Waals surface area contributed by atoms with E-state index in [-0.39, 0.29) is 5.91 Å². The number of likely N-dealkylation sites (tertiary alicyclic amines) is 1. The van der Waals surface area contributed by atoms with E-state index < -0.39 is 0 Å². The van der Waals surface area contributed by atoms with Gasteiger partial charge in [-0.3, -0.25) is 14.6 Å². The molecule has 0 spiro atoms. The Morgan fingerprint density at radius 1 is 1.00 bits per heavy atom. The molecule has 1 aromatic heterocycles. The predicted octanol–water partition coefficient (Wildman–Crippen LogP) is 3.86. The highest BCUT2D eigenvalue weighted by molar-refractivity contribution is 6.39. The number of hydrogen-bond acceptors (Lipinski definition) is 5. The van der Waals surface area contributed by atoms with E-state index >= 15 is 0 Å². The van der Waals surface area contributed by atoms with Crippen molar-refractivity contribution in [2.75, 3.05) is 62.6 Å². The number of piperidine rings is 1. The Morgan fingerprint density at radius 3 is 2.48 bits per heavy atom. The number of anilines is 2. The summed E-state index contributed by atoms with van der Waals surface area (Å²) in [5, 5.41) is 3.80. The number of nitrogens with zero attached hydrogens (tertiary/aromatic N) is 4. The van der Waals surface area contributed by atoms with Crippen LogP contribution >= 0.6 is 23.2 Å². The van der Waals surface area contributed by atoms with Gasteiger partial charge in [-0.2, -0.15) is 0 Å². The lowest BCUT2D eigenvalue weighted by atomic mass is 9.97. The first-order valence-corrected chi connectivity index (χ1v) is 11.7. The maximum Gasteiger partial charge on any atom is 0.238 e. The van der Waals surface area contributed by atoms with Crippen molar-refractivity contribution in [1.82, 2.24) is 14.8 Å². The summed E-state index contributed by atoms with van der Waals surface area (Å²) in [5.74, 6) is 1.59. The van der Waals surface area contributed by atoms with E-state index in [9.17, 15) is 4.79 Å². The third-order valence-corrected chi connectivity index (χ3v) is 6.69. The molecule has 1 unspecified atom stereocenters. The maximum absolute atomic E-state index is 12.6. The molecule has 4 rings (SSSR count). The van der Waals surface area contributed by atoms with Crippen LogP contribution in [0.4, 0.5) is 11.5 Å². The standard InChI is InChI=1S/C23H29Cl2N5O/c24-19-6-3-7-20(25)23(19)27-22(31)17-29-10-4-5-18(16-29)15-28-11-13-30(14-12-28)21-8-1-2-9-26-21/h1-3,6-9,18H,4-5,10-17H2,(H,27,31). The van der Waals surface area contributed by atoms with Gasteiger partial charge in [-0.05, 0) is 49.6 Å². The van der Waals surface area contributed by atoms with Crippen molar-refractivity contribution >= 4 is 40.6 Å². The molecular formula is C23H29Cl2N5O. The summed E-state index contributed by atoms with van der Waals surface area (Å²) in [6, 6.07) is 11.3. The quantitative estimate of drug-likeness (QED) is 0.707. The molecule has 0 aliphatic carbocycles. The Hall–Kier alpha value is -1.86. The topological polar surface area (TPSA) is 51.7 Å². The summed E-state index contributed by atoms with van der Waals surface area (Å²) >= 11 is 12.3. The molecule has 1 amide bonds. The van der Waals surface area contributed by atoms with Gasteiger partial charge in [0.25, 0.3) is 0 Å². The first-order valence-electron chi connectivity index (χ1n) is 10.9. The van der Waals surface area contributed by atoms with Crippen LogP contribution in [0.5, 0.6) is 0 Å². The lowest BCUT2D eigenvalue weighted by Crippen LogP contribution is -2.50. The molecule has 1 aromatic carbocycles. The molecule has 166 valence electrons. The van der Waals surface area contributed by atoms with Gasteiger partial charge in [-0.15, -0.1) is 0 Å². The van der Waals surface area contributed by atoms with Crippen LogP contribution < -0.4 is 10.2 Å². The van der Waals surface area contributed by atoms with Crippen LogP contribution in [-0.2, 0) is 4.79 Å². The highest BCUT2D eigenvalue weighted by atomic mass is 35.5. The molecule has 0 radical (unpaired) electrons. The molecule has 6 nitrogen and oxygen atoms in total. The summed E-state index contributed by atoms with van der Waals surface area (Å²) in [6.45, 7) is 7.48. The van der Waals surface area contributed by atoms with Gasteiger partial charge in [0.2, 0.25) is 5.91 Å². The smallest absolute Gasteiger partial charge is 0.238 e. The molecule has 0 saturated carbocycles. The molecular weight excluding hydrogens is 433 g/mol. The van der Waals surface area contributed by atoms with E-state index in [1.165, 1.54) is 6.42 Å². The van der Waals surface area contributed by atoms with Crippen molar-refractivity contribution in [3.8, 4) is 0 Å². The fraction of sp³-hybridized carbons (Fsp3) is 0.478. The number of amides is 1. The van der Waals surface area contributed by atoms with Crippen LogP contribution in [0, 0.1) is 5.92 Å². The second-order valence-corrected chi connectivity index (χ2v) is 9.18. The Balaban J connectivity index is 1.23. The first kappa shape index (κ1) is 22.3. The van der Waals surface area contributed by atoms with Crippen LogP contribution in [0.3, 0.4) is 0 Å². The SMILES string of the molecule is O=C(CN1CCCC(CN2CCN(c3ccccn3)CC2)C1)Nc1c(Cl)cccc1Cl. The number of carbonyl (C=O) groups is 1. The minimum absolute atomic E-state index is 0.0698.